The van der Waals surface area contributed by atoms with E-state index in [4.69, 9.17) is 5.73 Å². The first-order valence-electron chi connectivity index (χ1n) is 13.7. The van der Waals surface area contributed by atoms with Crippen molar-refractivity contribution >= 4 is 45.4 Å². The number of thiazole rings is 1. The number of hydrogen-bond acceptors (Lipinski definition) is 11. The van der Waals surface area contributed by atoms with Gasteiger partial charge in [0.05, 0.1) is 35.0 Å². The highest BCUT2D eigenvalue weighted by Gasteiger charge is 2.60. The second-order valence-electron chi connectivity index (χ2n) is 11.3. The van der Waals surface area contributed by atoms with Gasteiger partial charge in [-0.15, -0.1) is 11.3 Å². The van der Waals surface area contributed by atoms with Crippen LogP contribution in [-0.2, 0) is 14.4 Å². The van der Waals surface area contributed by atoms with Gasteiger partial charge in [0.25, 0.3) is 5.91 Å². The minimum atomic E-state index is -1.57. The number of aromatic nitrogens is 1. The van der Waals surface area contributed by atoms with Gasteiger partial charge >= 0.3 is 0 Å². The summed E-state index contributed by atoms with van der Waals surface area (Å²) in [6.07, 6.45) is -1.37. The molecule has 2 aromatic carbocycles. The zero-order valence-corrected chi connectivity index (χ0v) is 24.3. The number of carbonyl (C=O) groups is 3. The number of rotatable bonds is 5. The molecule has 0 radical (unpaired) electrons. The molecule has 1 aromatic heterocycles. The average molecular weight is 603 g/mol. The normalized spacial score (nSPS) is 26.7. The summed E-state index contributed by atoms with van der Waals surface area (Å²) in [5.41, 5.74) is 6.90. The Labute approximate surface area is 250 Å². The molecule has 3 aliphatic carbocycles. The molecule has 1 heterocycles. The minimum absolute atomic E-state index is 0.00326. The second kappa shape index (κ2) is 10.3. The number of aromatic hydroxyl groups is 1. The summed E-state index contributed by atoms with van der Waals surface area (Å²) < 4.78 is 0. The van der Waals surface area contributed by atoms with Crippen LogP contribution < -0.4 is 11.1 Å². The first kappa shape index (κ1) is 28.6. The highest BCUT2D eigenvalue weighted by atomic mass is 32.1. The lowest BCUT2D eigenvalue weighted by Gasteiger charge is -2.50. The smallest absolute Gasteiger partial charge is 0.255 e. The van der Waals surface area contributed by atoms with Crippen LogP contribution in [0.5, 0.6) is 5.75 Å². The summed E-state index contributed by atoms with van der Waals surface area (Å²) in [4.78, 5) is 45.8. The third-order valence-corrected chi connectivity index (χ3v) is 9.57. The molecule has 0 spiro atoms. The highest BCUT2D eigenvalue weighted by Crippen LogP contribution is 2.55. The van der Waals surface area contributed by atoms with Crippen molar-refractivity contribution in [2.24, 2.45) is 23.5 Å². The average Bonchev–Trinajstić information content (AvgIpc) is 3.43. The number of Topliss-reactive ketones (excluding diaryl/α,β-unsaturated/α-hetero) is 2. The Hall–Kier alpha value is -4.52. The van der Waals surface area contributed by atoms with E-state index in [1.54, 1.807) is 33.2 Å². The summed E-state index contributed by atoms with van der Waals surface area (Å²) in [5.74, 6) is -8.68. The van der Waals surface area contributed by atoms with Crippen molar-refractivity contribution in [2.75, 3.05) is 19.4 Å². The van der Waals surface area contributed by atoms with E-state index in [0.717, 1.165) is 11.3 Å². The molecular formula is C31H30N4O7S. The van der Waals surface area contributed by atoms with Gasteiger partial charge in [0.2, 0.25) is 0 Å². The number of benzene rings is 2. The molecule has 43 heavy (non-hydrogen) atoms. The molecule has 3 aliphatic rings. The van der Waals surface area contributed by atoms with Crippen LogP contribution in [0.1, 0.15) is 24.0 Å². The molecular weight excluding hydrogens is 572 g/mol. The van der Waals surface area contributed by atoms with E-state index in [2.05, 4.69) is 10.3 Å². The molecule has 1 fully saturated rings. The fourth-order valence-electron chi connectivity index (χ4n) is 6.90. The fourth-order valence-corrected chi connectivity index (χ4v) is 7.63. The quantitative estimate of drug-likeness (QED) is 0.144. The van der Waals surface area contributed by atoms with Gasteiger partial charge in [-0.05, 0) is 31.6 Å². The van der Waals surface area contributed by atoms with Crippen molar-refractivity contribution in [3.63, 3.8) is 0 Å². The number of aliphatic hydroxyl groups excluding tert-OH is 3. The predicted molar refractivity (Wildman–Crippen MR) is 160 cm³/mol. The summed E-state index contributed by atoms with van der Waals surface area (Å²) in [5, 5.41) is 51.0. The van der Waals surface area contributed by atoms with E-state index in [1.165, 1.54) is 16.2 Å². The minimum Gasteiger partial charge on any atom is -0.510 e. The lowest BCUT2D eigenvalue weighted by atomic mass is 9.56. The van der Waals surface area contributed by atoms with Crippen molar-refractivity contribution in [1.29, 1.82) is 0 Å². The van der Waals surface area contributed by atoms with Gasteiger partial charge in [-0.25, -0.2) is 4.98 Å². The molecule has 0 bridgehead atoms. The topological polar surface area (TPSA) is 186 Å². The molecule has 3 aromatic rings. The van der Waals surface area contributed by atoms with Crippen LogP contribution in [0.25, 0.3) is 17.0 Å². The molecule has 7 N–H and O–H groups in total. The first-order valence-corrected chi connectivity index (χ1v) is 14.5. The number of hydrogen-bond donors (Lipinski definition) is 6. The number of amides is 1. The molecule has 1 saturated carbocycles. The number of likely N-dealkylation sites (N-methyl/N-ethyl adjacent to an activating group) is 1. The van der Waals surface area contributed by atoms with Crippen LogP contribution in [0.3, 0.4) is 0 Å². The van der Waals surface area contributed by atoms with E-state index < -0.39 is 70.4 Å². The maximum absolute atomic E-state index is 14.1. The maximum Gasteiger partial charge on any atom is 0.255 e. The summed E-state index contributed by atoms with van der Waals surface area (Å²) >= 11 is 1.32. The molecule has 6 rings (SSSR count). The molecule has 6 atom stereocenters. The van der Waals surface area contributed by atoms with Gasteiger partial charge in [0.15, 0.2) is 16.7 Å². The first-order chi connectivity index (χ1) is 20.4. The van der Waals surface area contributed by atoms with Crippen molar-refractivity contribution in [3.8, 4) is 17.0 Å². The molecule has 0 saturated heterocycles. The number of carbonyl (C=O) groups excluding carboxylic acids is 3. The van der Waals surface area contributed by atoms with Crippen LogP contribution in [-0.4, -0.2) is 74.0 Å². The van der Waals surface area contributed by atoms with Crippen LogP contribution in [0, 0.1) is 17.8 Å². The Morgan fingerprint density at radius 1 is 1.05 bits per heavy atom. The van der Waals surface area contributed by atoms with Crippen molar-refractivity contribution < 1.29 is 34.8 Å². The maximum atomic E-state index is 14.1. The Bertz CT molecular complexity index is 1750. The number of aliphatic hydroxyl groups is 3. The lowest BCUT2D eigenvalue weighted by Crippen LogP contribution is -2.61. The second-order valence-corrected chi connectivity index (χ2v) is 12.2. The lowest BCUT2D eigenvalue weighted by molar-refractivity contribution is -0.143. The number of fused-ring (bicyclic) bond motifs is 3. The van der Waals surface area contributed by atoms with E-state index in [-0.39, 0.29) is 22.6 Å². The van der Waals surface area contributed by atoms with Gasteiger partial charge < -0.3 is 31.5 Å². The standard InChI is InChI=1S/C31H30N4O7S/c1-12-14-9-10-15(33-31-34-16(11-43-31)13-7-5-4-6-8-13)24(36)18(14)26(38)20-17(12)25(37)19-21(27(20)39)28(40)22(30(32)42)29(41)23(19)35(2)3/h4-12,17,19,21,23,25,36-38,41H,1-3H3,(H2,32,42)(H,33,34). The summed E-state index contributed by atoms with van der Waals surface area (Å²) in [6.45, 7) is 1.76. The fraction of sp³-hybridized carbons (Fsp3) is 0.290. The SMILES string of the molecule is CC1c2ccc(Nc3nc(-c4ccccc4)cs3)c(O)c2C(O)=C2C(=O)C3C(=O)C(C(N)=O)=C(O)C(N(C)C)C3C(O)C21. The molecule has 12 heteroatoms. The van der Waals surface area contributed by atoms with E-state index in [9.17, 15) is 34.8 Å². The number of phenols is 1. The number of anilines is 2. The molecule has 11 nitrogen and oxygen atoms in total. The molecule has 6 unspecified atom stereocenters. The highest BCUT2D eigenvalue weighted by molar-refractivity contribution is 7.14. The number of nitrogens with one attached hydrogen (secondary N) is 1. The summed E-state index contributed by atoms with van der Waals surface area (Å²) in [7, 11) is 3.17. The number of nitrogens with zero attached hydrogens (tertiary/aromatic N) is 2. The van der Waals surface area contributed by atoms with E-state index >= 15 is 0 Å². The van der Waals surface area contributed by atoms with E-state index in [0.29, 0.717) is 10.7 Å². The largest absolute Gasteiger partial charge is 0.510 e. The monoisotopic (exact) mass is 602 g/mol. The van der Waals surface area contributed by atoms with Crippen molar-refractivity contribution in [2.45, 2.75) is 25.0 Å². The molecule has 222 valence electrons. The van der Waals surface area contributed by atoms with Crippen LogP contribution >= 0.6 is 11.3 Å². The zero-order chi connectivity index (χ0) is 30.9. The molecule has 1 amide bonds. The summed E-state index contributed by atoms with van der Waals surface area (Å²) in [6, 6.07) is 11.9. The van der Waals surface area contributed by atoms with Gasteiger partial charge in [-0.2, -0.15) is 0 Å². The van der Waals surface area contributed by atoms with Gasteiger partial charge in [-0.1, -0.05) is 43.3 Å². The number of phenolic OH excluding ortho intramolecular Hbond substituents is 1. The Kier molecular flexibility index (Phi) is 6.87. The Morgan fingerprint density at radius 2 is 1.74 bits per heavy atom. The van der Waals surface area contributed by atoms with Gasteiger partial charge in [-0.3, -0.25) is 19.3 Å². The van der Waals surface area contributed by atoms with Crippen LogP contribution in [0.2, 0.25) is 0 Å². The number of primary amides is 1. The van der Waals surface area contributed by atoms with Crippen LogP contribution in [0.15, 0.2) is 64.8 Å². The molecule has 0 aliphatic heterocycles. The Balaban J connectivity index is 1.43. The number of ketones is 2. The van der Waals surface area contributed by atoms with E-state index in [1.807, 2.05) is 35.7 Å². The van der Waals surface area contributed by atoms with Gasteiger partial charge in [0.1, 0.15) is 22.8 Å². The third kappa shape index (κ3) is 4.24. The van der Waals surface area contributed by atoms with Gasteiger partial charge in [0, 0.05) is 28.4 Å². The predicted octanol–water partition coefficient (Wildman–Crippen LogP) is 3.25. The zero-order valence-electron chi connectivity index (χ0n) is 23.5. The third-order valence-electron chi connectivity index (χ3n) is 8.81. The Morgan fingerprint density at radius 3 is 2.40 bits per heavy atom. The van der Waals surface area contributed by atoms with Crippen LogP contribution in [0.4, 0.5) is 10.8 Å². The number of nitrogens with two attached hydrogens (primary N) is 1. The van der Waals surface area contributed by atoms with Crippen molar-refractivity contribution in [3.05, 3.63) is 75.9 Å². The van der Waals surface area contributed by atoms with Crippen molar-refractivity contribution in [1.82, 2.24) is 9.88 Å².